The van der Waals surface area contributed by atoms with E-state index in [1.807, 2.05) is 12.3 Å². The second-order valence-electron chi connectivity index (χ2n) is 3.94. The Bertz CT molecular complexity index is 452. The van der Waals surface area contributed by atoms with Crippen molar-refractivity contribution in [3.8, 4) is 0 Å². The third kappa shape index (κ3) is 6.60. The van der Waals surface area contributed by atoms with Gasteiger partial charge in [-0.15, -0.1) is 30.6 Å². The second kappa shape index (κ2) is 11.0. The minimum atomic E-state index is -0.193. The fourth-order valence-electron chi connectivity index (χ4n) is 1.63. The molecule has 0 saturated heterocycles. The highest BCUT2D eigenvalue weighted by Gasteiger charge is 2.05. The van der Waals surface area contributed by atoms with Crippen LogP contribution in [0.3, 0.4) is 0 Å². The van der Waals surface area contributed by atoms with Gasteiger partial charge < -0.3 is 10.6 Å². The van der Waals surface area contributed by atoms with Crippen LogP contribution in [0.25, 0.3) is 0 Å². The highest BCUT2D eigenvalue weighted by Crippen LogP contribution is 2.16. The van der Waals surface area contributed by atoms with Crippen LogP contribution in [0.5, 0.6) is 0 Å². The van der Waals surface area contributed by atoms with Crippen molar-refractivity contribution < 1.29 is 4.39 Å². The number of halogens is 2. The van der Waals surface area contributed by atoms with E-state index in [4.69, 9.17) is 0 Å². The van der Waals surface area contributed by atoms with Crippen LogP contribution in [0.4, 0.5) is 4.39 Å². The SMILES string of the molecule is C=CCNC(=NC)NCc1ccc(F)cc1CSC.I. The van der Waals surface area contributed by atoms with Gasteiger partial charge in [0, 0.05) is 25.9 Å². The van der Waals surface area contributed by atoms with Crippen molar-refractivity contribution in [1.82, 2.24) is 10.6 Å². The van der Waals surface area contributed by atoms with Gasteiger partial charge in [0.25, 0.3) is 0 Å². The molecule has 0 amide bonds. The summed E-state index contributed by atoms with van der Waals surface area (Å²) in [5.41, 5.74) is 2.09. The second-order valence-corrected chi connectivity index (χ2v) is 4.81. The molecule has 0 fully saturated rings. The summed E-state index contributed by atoms with van der Waals surface area (Å²) >= 11 is 1.68. The van der Waals surface area contributed by atoms with Crippen LogP contribution in [0.1, 0.15) is 11.1 Å². The predicted molar refractivity (Wildman–Crippen MR) is 97.4 cm³/mol. The Kier molecular flexibility index (Phi) is 10.5. The van der Waals surface area contributed by atoms with E-state index in [2.05, 4.69) is 22.2 Å². The number of nitrogens with one attached hydrogen (secondary N) is 2. The molecule has 0 radical (unpaired) electrons. The van der Waals surface area contributed by atoms with Gasteiger partial charge in [-0.25, -0.2) is 4.39 Å². The molecule has 0 heterocycles. The van der Waals surface area contributed by atoms with Gasteiger partial charge in [-0.05, 0) is 29.5 Å². The summed E-state index contributed by atoms with van der Waals surface area (Å²) in [6.07, 6.45) is 3.77. The number of rotatable bonds is 6. The lowest BCUT2D eigenvalue weighted by molar-refractivity contribution is 0.625. The van der Waals surface area contributed by atoms with E-state index in [0.717, 1.165) is 16.9 Å². The molecule has 20 heavy (non-hydrogen) atoms. The summed E-state index contributed by atoms with van der Waals surface area (Å²) in [5.74, 6) is 1.31. The molecule has 112 valence electrons. The lowest BCUT2D eigenvalue weighted by Crippen LogP contribution is -2.36. The molecule has 0 spiro atoms. The van der Waals surface area contributed by atoms with Crippen LogP contribution < -0.4 is 10.6 Å². The van der Waals surface area contributed by atoms with Gasteiger partial charge in [-0.3, -0.25) is 4.99 Å². The fraction of sp³-hybridized carbons (Fsp3) is 0.357. The Hall–Kier alpha value is -0.760. The van der Waals surface area contributed by atoms with Crippen LogP contribution >= 0.6 is 35.7 Å². The van der Waals surface area contributed by atoms with E-state index in [9.17, 15) is 4.39 Å². The molecule has 0 aromatic heterocycles. The highest BCUT2D eigenvalue weighted by atomic mass is 127. The zero-order valence-electron chi connectivity index (χ0n) is 11.8. The summed E-state index contributed by atoms with van der Waals surface area (Å²) in [4.78, 5) is 4.10. The number of aliphatic imine (C=N–C) groups is 1. The third-order valence-electron chi connectivity index (χ3n) is 2.55. The highest BCUT2D eigenvalue weighted by molar-refractivity contribution is 14.0. The first-order valence-electron chi connectivity index (χ1n) is 6.03. The summed E-state index contributed by atoms with van der Waals surface area (Å²) < 4.78 is 13.2. The van der Waals surface area contributed by atoms with Crippen molar-refractivity contribution in [3.05, 3.63) is 47.8 Å². The van der Waals surface area contributed by atoms with Crippen molar-refractivity contribution in [2.45, 2.75) is 12.3 Å². The normalized spacial score (nSPS) is 10.7. The minimum absolute atomic E-state index is 0. The van der Waals surface area contributed by atoms with Gasteiger partial charge in [0.2, 0.25) is 0 Å². The molecule has 2 N–H and O–H groups in total. The van der Waals surface area contributed by atoms with E-state index < -0.39 is 0 Å². The molecule has 3 nitrogen and oxygen atoms in total. The number of benzene rings is 1. The monoisotopic (exact) mass is 409 g/mol. The Morgan fingerprint density at radius 2 is 2.15 bits per heavy atom. The lowest BCUT2D eigenvalue weighted by Gasteiger charge is -2.13. The molecular formula is C14H21FIN3S. The maximum absolute atomic E-state index is 13.2. The number of nitrogens with zero attached hydrogens (tertiary/aromatic N) is 1. The number of guanidine groups is 1. The first-order valence-corrected chi connectivity index (χ1v) is 7.42. The molecule has 6 heteroatoms. The first-order chi connectivity index (χ1) is 9.21. The van der Waals surface area contributed by atoms with E-state index in [-0.39, 0.29) is 29.8 Å². The van der Waals surface area contributed by atoms with E-state index in [1.165, 1.54) is 6.07 Å². The zero-order valence-corrected chi connectivity index (χ0v) is 14.9. The van der Waals surface area contributed by atoms with E-state index >= 15 is 0 Å². The molecule has 0 aliphatic heterocycles. The maximum Gasteiger partial charge on any atom is 0.191 e. The van der Waals surface area contributed by atoms with Crippen molar-refractivity contribution in [2.24, 2.45) is 4.99 Å². The van der Waals surface area contributed by atoms with Crippen molar-refractivity contribution in [2.75, 3.05) is 19.8 Å². The average molecular weight is 409 g/mol. The largest absolute Gasteiger partial charge is 0.353 e. The predicted octanol–water partition coefficient (Wildman–Crippen LogP) is 3.16. The van der Waals surface area contributed by atoms with Crippen molar-refractivity contribution in [3.63, 3.8) is 0 Å². The van der Waals surface area contributed by atoms with Crippen LogP contribution in [0.15, 0.2) is 35.8 Å². The van der Waals surface area contributed by atoms with Gasteiger partial charge >= 0.3 is 0 Å². The molecule has 0 aliphatic carbocycles. The quantitative estimate of drug-likeness (QED) is 0.328. The van der Waals surface area contributed by atoms with Crippen molar-refractivity contribution in [1.29, 1.82) is 0 Å². The Balaban J connectivity index is 0.00000361. The maximum atomic E-state index is 13.2. The number of thioether (sulfide) groups is 1. The Labute approximate surface area is 141 Å². The zero-order chi connectivity index (χ0) is 14.1. The number of hydrogen-bond acceptors (Lipinski definition) is 2. The summed E-state index contributed by atoms with van der Waals surface area (Å²) in [7, 11) is 1.71. The van der Waals surface area contributed by atoms with Crippen LogP contribution in [0.2, 0.25) is 0 Å². The molecule has 1 aromatic rings. The summed E-state index contributed by atoms with van der Waals surface area (Å²) in [5, 5.41) is 6.29. The lowest BCUT2D eigenvalue weighted by atomic mass is 10.1. The molecule has 0 saturated carbocycles. The Morgan fingerprint density at radius 1 is 1.40 bits per heavy atom. The summed E-state index contributed by atoms with van der Waals surface area (Å²) in [6.45, 7) is 4.92. The van der Waals surface area contributed by atoms with Crippen molar-refractivity contribution >= 4 is 41.7 Å². The van der Waals surface area contributed by atoms with Crippen LogP contribution in [-0.4, -0.2) is 25.8 Å². The standard InChI is InChI=1S/C14H20FN3S.HI/c1-4-7-17-14(16-2)18-9-11-5-6-13(15)8-12(11)10-19-3;/h4-6,8H,1,7,9-10H2,2-3H3,(H2,16,17,18);1H. The topological polar surface area (TPSA) is 36.4 Å². The van der Waals surface area contributed by atoms with E-state index in [1.54, 1.807) is 31.0 Å². The van der Waals surface area contributed by atoms with E-state index in [0.29, 0.717) is 19.0 Å². The van der Waals surface area contributed by atoms with Gasteiger partial charge in [-0.2, -0.15) is 11.8 Å². The molecule has 1 rings (SSSR count). The number of hydrogen-bond donors (Lipinski definition) is 2. The van der Waals surface area contributed by atoms with Crippen LogP contribution in [0, 0.1) is 5.82 Å². The first kappa shape index (κ1) is 19.2. The van der Waals surface area contributed by atoms with Gasteiger partial charge in [-0.1, -0.05) is 12.1 Å². The van der Waals surface area contributed by atoms with Gasteiger partial charge in [0.1, 0.15) is 5.82 Å². The van der Waals surface area contributed by atoms with Gasteiger partial charge in [0.05, 0.1) is 0 Å². The molecule has 0 bridgehead atoms. The molecular weight excluding hydrogens is 388 g/mol. The van der Waals surface area contributed by atoms with Crippen LogP contribution in [-0.2, 0) is 12.3 Å². The smallest absolute Gasteiger partial charge is 0.191 e. The average Bonchev–Trinajstić information content (AvgIpc) is 2.41. The Morgan fingerprint density at radius 3 is 2.75 bits per heavy atom. The molecule has 0 unspecified atom stereocenters. The minimum Gasteiger partial charge on any atom is -0.353 e. The fourth-order valence-corrected chi connectivity index (χ4v) is 2.20. The third-order valence-corrected chi connectivity index (χ3v) is 3.15. The van der Waals surface area contributed by atoms with Gasteiger partial charge in [0.15, 0.2) is 5.96 Å². The summed E-state index contributed by atoms with van der Waals surface area (Å²) in [6, 6.07) is 4.89. The molecule has 0 atom stereocenters. The molecule has 1 aromatic carbocycles. The molecule has 0 aliphatic rings.